The number of carbonyl (C=O) groups is 1. The van der Waals surface area contributed by atoms with E-state index in [1.165, 1.54) is 0 Å². The highest BCUT2D eigenvalue weighted by Crippen LogP contribution is 2.27. The second kappa shape index (κ2) is 12.6. The van der Waals surface area contributed by atoms with Crippen LogP contribution in [-0.2, 0) is 4.79 Å². The number of nitrogens with two attached hydrogens (primary N) is 1. The summed E-state index contributed by atoms with van der Waals surface area (Å²) >= 11 is 6.12. The molecule has 0 fully saturated rings. The molecule has 0 unspecified atom stereocenters. The highest BCUT2D eigenvalue weighted by molar-refractivity contribution is 6.32. The van der Waals surface area contributed by atoms with Gasteiger partial charge in [0.15, 0.2) is 0 Å². The van der Waals surface area contributed by atoms with Crippen molar-refractivity contribution in [3.05, 3.63) is 23.2 Å². The van der Waals surface area contributed by atoms with Crippen LogP contribution in [0.3, 0.4) is 0 Å². The van der Waals surface area contributed by atoms with Gasteiger partial charge in [-0.15, -0.1) is 12.4 Å². The lowest BCUT2D eigenvalue weighted by atomic mass is 10.1. The van der Waals surface area contributed by atoms with Crippen molar-refractivity contribution >= 4 is 35.6 Å². The molecule has 0 heterocycles. The van der Waals surface area contributed by atoms with Gasteiger partial charge in [-0.05, 0) is 44.0 Å². The number of benzene rings is 1. The predicted molar refractivity (Wildman–Crippen MR) is 95.3 cm³/mol. The lowest BCUT2D eigenvalue weighted by molar-refractivity contribution is -0.116. The largest absolute Gasteiger partial charge is 0.492 e. The molecule has 0 aromatic heterocycles. The molecule has 0 bridgehead atoms. The van der Waals surface area contributed by atoms with Gasteiger partial charge in [0, 0.05) is 12.1 Å². The number of hydrogen-bond acceptors (Lipinski definition) is 3. The molecule has 1 aromatic carbocycles. The Morgan fingerprint density at radius 1 is 1.27 bits per heavy atom. The predicted octanol–water partition coefficient (Wildman–Crippen LogP) is 4.40. The zero-order valence-electron chi connectivity index (χ0n) is 13.1. The molecule has 4 nitrogen and oxygen atoms in total. The Morgan fingerprint density at radius 2 is 2.00 bits per heavy atom. The molecule has 0 aliphatic rings. The number of hydrogen-bond donors (Lipinski definition) is 2. The standard InChI is InChI=1S/C16H25ClN2O2.ClH/c1-2-11-21-15-9-8-13(12-14(15)17)19-16(20)7-5-3-4-6-10-18;/h8-9,12H,2-7,10-11,18H2,1H3,(H,19,20);1H. The van der Waals surface area contributed by atoms with Crippen molar-refractivity contribution in [3.8, 4) is 5.75 Å². The van der Waals surface area contributed by atoms with Crippen LogP contribution in [0.1, 0.15) is 45.4 Å². The van der Waals surface area contributed by atoms with Crippen molar-refractivity contribution < 1.29 is 9.53 Å². The van der Waals surface area contributed by atoms with Gasteiger partial charge in [0.25, 0.3) is 0 Å². The van der Waals surface area contributed by atoms with Crippen LogP contribution in [-0.4, -0.2) is 19.1 Å². The van der Waals surface area contributed by atoms with Crippen LogP contribution in [0.4, 0.5) is 5.69 Å². The molecule has 0 spiro atoms. The Hall–Kier alpha value is -0.970. The maximum atomic E-state index is 11.8. The summed E-state index contributed by atoms with van der Waals surface area (Å²) in [6, 6.07) is 5.32. The minimum absolute atomic E-state index is 0. The van der Waals surface area contributed by atoms with Crippen molar-refractivity contribution in [1.82, 2.24) is 0 Å². The minimum atomic E-state index is 0. The molecule has 126 valence electrons. The molecule has 3 N–H and O–H groups in total. The van der Waals surface area contributed by atoms with E-state index in [4.69, 9.17) is 22.1 Å². The Labute approximate surface area is 144 Å². The molecule has 1 rings (SSSR count). The number of anilines is 1. The number of rotatable bonds is 10. The molecule has 1 aromatic rings. The van der Waals surface area contributed by atoms with Crippen LogP contribution in [0, 0.1) is 0 Å². The molecule has 0 atom stereocenters. The van der Waals surface area contributed by atoms with Gasteiger partial charge in [0.05, 0.1) is 11.6 Å². The van der Waals surface area contributed by atoms with Crippen LogP contribution in [0.5, 0.6) is 5.75 Å². The molecule has 22 heavy (non-hydrogen) atoms. The third kappa shape index (κ3) is 8.47. The molecule has 0 saturated heterocycles. The molecular weight excluding hydrogens is 323 g/mol. The van der Waals surface area contributed by atoms with Gasteiger partial charge in [-0.1, -0.05) is 31.4 Å². The highest BCUT2D eigenvalue weighted by Gasteiger charge is 2.06. The second-order valence-electron chi connectivity index (χ2n) is 4.99. The smallest absolute Gasteiger partial charge is 0.224 e. The van der Waals surface area contributed by atoms with E-state index in [0.29, 0.717) is 29.5 Å². The van der Waals surface area contributed by atoms with Gasteiger partial charge in [0.2, 0.25) is 5.91 Å². The summed E-state index contributed by atoms with van der Waals surface area (Å²) in [5, 5.41) is 3.37. The summed E-state index contributed by atoms with van der Waals surface area (Å²) in [5.41, 5.74) is 6.13. The fourth-order valence-corrected chi connectivity index (χ4v) is 2.15. The summed E-state index contributed by atoms with van der Waals surface area (Å²) in [5.74, 6) is 0.666. The van der Waals surface area contributed by atoms with Crippen molar-refractivity contribution in [3.63, 3.8) is 0 Å². The van der Waals surface area contributed by atoms with Gasteiger partial charge in [-0.2, -0.15) is 0 Å². The summed E-state index contributed by atoms with van der Waals surface area (Å²) in [4.78, 5) is 11.8. The van der Waals surface area contributed by atoms with Gasteiger partial charge in [0.1, 0.15) is 5.75 Å². The van der Waals surface area contributed by atoms with Crippen LogP contribution >= 0.6 is 24.0 Å². The lowest BCUT2D eigenvalue weighted by Gasteiger charge is -2.10. The van der Waals surface area contributed by atoms with Crippen LogP contribution in [0.15, 0.2) is 18.2 Å². The third-order valence-electron chi connectivity index (χ3n) is 3.04. The normalized spacial score (nSPS) is 9.95. The fraction of sp³-hybridized carbons (Fsp3) is 0.562. The van der Waals surface area contributed by atoms with Crippen molar-refractivity contribution in [1.29, 1.82) is 0 Å². The first-order valence-corrected chi connectivity index (χ1v) is 7.97. The Bertz CT molecular complexity index is 442. The van der Waals surface area contributed by atoms with Gasteiger partial charge < -0.3 is 15.8 Å². The number of amides is 1. The monoisotopic (exact) mass is 348 g/mol. The Morgan fingerprint density at radius 3 is 2.64 bits per heavy atom. The van der Waals surface area contributed by atoms with E-state index in [1.54, 1.807) is 12.1 Å². The summed E-state index contributed by atoms with van der Waals surface area (Å²) in [7, 11) is 0. The highest BCUT2D eigenvalue weighted by atomic mass is 35.5. The maximum absolute atomic E-state index is 11.8. The van der Waals surface area contributed by atoms with E-state index in [9.17, 15) is 4.79 Å². The molecule has 0 aliphatic heterocycles. The molecule has 0 saturated carbocycles. The molecule has 0 aliphatic carbocycles. The third-order valence-corrected chi connectivity index (χ3v) is 3.33. The average molecular weight is 349 g/mol. The number of carbonyl (C=O) groups excluding carboxylic acids is 1. The second-order valence-corrected chi connectivity index (χ2v) is 5.40. The zero-order valence-corrected chi connectivity index (χ0v) is 14.6. The summed E-state index contributed by atoms with van der Waals surface area (Å²) in [6.45, 7) is 3.39. The topological polar surface area (TPSA) is 64.3 Å². The van der Waals surface area contributed by atoms with Gasteiger partial charge in [-0.3, -0.25) is 4.79 Å². The lowest BCUT2D eigenvalue weighted by Crippen LogP contribution is -2.11. The minimum Gasteiger partial charge on any atom is -0.492 e. The molecular formula is C16H26Cl2N2O2. The number of halogens is 2. The Kier molecular flexibility index (Phi) is 12.0. The first kappa shape index (κ1) is 21.0. The number of unbranched alkanes of at least 4 members (excludes halogenated alkanes) is 3. The van der Waals surface area contributed by atoms with Gasteiger partial charge >= 0.3 is 0 Å². The van der Waals surface area contributed by atoms with E-state index in [-0.39, 0.29) is 18.3 Å². The van der Waals surface area contributed by atoms with E-state index in [2.05, 4.69) is 5.32 Å². The van der Waals surface area contributed by atoms with Gasteiger partial charge in [-0.25, -0.2) is 0 Å². The zero-order chi connectivity index (χ0) is 15.5. The van der Waals surface area contributed by atoms with E-state index in [1.807, 2.05) is 13.0 Å². The maximum Gasteiger partial charge on any atom is 0.224 e. The Balaban J connectivity index is 0.00000441. The molecule has 6 heteroatoms. The summed E-state index contributed by atoms with van der Waals surface area (Å²) in [6.07, 6.45) is 5.48. The van der Waals surface area contributed by atoms with Crippen molar-refractivity contribution in [2.24, 2.45) is 5.73 Å². The average Bonchev–Trinajstić information content (AvgIpc) is 2.46. The van der Waals surface area contributed by atoms with Crippen molar-refractivity contribution in [2.75, 3.05) is 18.5 Å². The van der Waals surface area contributed by atoms with E-state index in [0.717, 1.165) is 38.6 Å². The van der Waals surface area contributed by atoms with E-state index >= 15 is 0 Å². The molecule has 0 radical (unpaired) electrons. The van der Waals surface area contributed by atoms with E-state index < -0.39 is 0 Å². The molecule has 1 amide bonds. The number of nitrogens with one attached hydrogen (secondary N) is 1. The SMILES string of the molecule is CCCOc1ccc(NC(=O)CCCCCCN)cc1Cl.Cl. The number of ether oxygens (including phenoxy) is 1. The fourth-order valence-electron chi connectivity index (χ4n) is 1.91. The summed E-state index contributed by atoms with van der Waals surface area (Å²) < 4.78 is 5.49. The first-order chi connectivity index (χ1) is 10.2. The quantitative estimate of drug-likeness (QED) is 0.616. The van der Waals surface area contributed by atoms with Crippen LogP contribution in [0.2, 0.25) is 5.02 Å². The van der Waals surface area contributed by atoms with Crippen molar-refractivity contribution in [2.45, 2.75) is 45.4 Å². The van der Waals surface area contributed by atoms with Crippen LogP contribution in [0.25, 0.3) is 0 Å². The van der Waals surface area contributed by atoms with Crippen LogP contribution < -0.4 is 15.8 Å². The first-order valence-electron chi connectivity index (χ1n) is 7.59.